The number of benzene rings is 1. The Balaban J connectivity index is 1.81. The van der Waals surface area contributed by atoms with Crippen molar-refractivity contribution in [2.24, 2.45) is 0 Å². The van der Waals surface area contributed by atoms with Crippen LogP contribution in [0.3, 0.4) is 0 Å². The molecule has 0 spiro atoms. The molecule has 15 heteroatoms. The van der Waals surface area contributed by atoms with Crippen LogP contribution in [0.15, 0.2) is 30.5 Å². The van der Waals surface area contributed by atoms with Crippen LogP contribution >= 0.6 is 0 Å². The summed E-state index contributed by atoms with van der Waals surface area (Å²) in [6, 6.07) is 6.64. The molecule has 0 radical (unpaired) electrons. The van der Waals surface area contributed by atoms with Gasteiger partial charge in [-0.25, -0.2) is 9.48 Å². The predicted octanol–water partition coefficient (Wildman–Crippen LogP) is 1.82. The molecule has 2 aromatic rings. The molecule has 5 atom stereocenters. The normalized spacial score (nSPS) is 21.4. The van der Waals surface area contributed by atoms with Crippen molar-refractivity contribution in [1.29, 1.82) is 0 Å². The molecule has 1 aromatic heterocycles. The zero-order valence-electron chi connectivity index (χ0n) is 24.5. The first kappa shape index (κ1) is 33.1. The van der Waals surface area contributed by atoms with E-state index in [0.29, 0.717) is 23.6 Å². The molecule has 0 amide bonds. The molecular formula is C28H35N3O12. The van der Waals surface area contributed by atoms with Crippen molar-refractivity contribution in [1.82, 2.24) is 15.0 Å². The zero-order valence-corrected chi connectivity index (χ0v) is 24.5. The maximum absolute atomic E-state index is 12.4. The van der Waals surface area contributed by atoms with E-state index in [1.807, 2.05) is 6.92 Å². The van der Waals surface area contributed by atoms with Crippen molar-refractivity contribution < 1.29 is 57.1 Å². The summed E-state index contributed by atoms with van der Waals surface area (Å²) in [4.78, 5) is 59.7. The number of ether oxygens (including phenoxy) is 7. The second kappa shape index (κ2) is 15.7. The number of unbranched alkanes of at least 4 members (excludes halogenated alkanes) is 1. The van der Waals surface area contributed by atoms with Crippen molar-refractivity contribution in [3.05, 3.63) is 41.7 Å². The smallest absolute Gasteiger partial charge is 0.338 e. The van der Waals surface area contributed by atoms with Crippen LogP contribution in [0, 0.1) is 0 Å². The Morgan fingerprint density at radius 2 is 1.56 bits per heavy atom. The van der Waals surface area contributed by atoms with Gasteiger partial charge < -0.3 is 33.2 Å². The average Bonchev–Trinajstić information content (AvgIpc) is 3.42. The van der Waals surface area contributed by atoms with Gasteiger partial charge in [0.2, 0.25) is 0 Å². The quantitative estimate of drug-likeness (QED) is 0.183. The summed E-state index contributed by atoms with van der Waals surface area (Å²) in [5, 5.41) is 8.16. The minimum absolute atomic E-state index is 0.216. The number of hydrogen-bond acceptors (Lipinski definition) is 14. The van der Waals surface area contributed by atoms with Crippen LogP contribution in [0.2, 0.25) is 0 Å². The molecule has 2 heterocycles. The summed E-state index contributed by atoms with van der Waals surface area (Å²) in [6.07, 6.45) is -3.34. The van der Waals surface area contributed by atoms with E-state index in [2.05, 4.69) is 10.3 Å². The van der Waals surface area contributed by atoms with Crippen LogP contribution < -0.4 is 0 Å². The first-order chi connectivity index (χ1) is 20.5. The lowest BCUT2D eigenvalue weighted by atomic mass is 9.98. The first-order valence-electron chi connectivity index (χ1n) is 13.6. The molecule has 0 saturated carbocycles. The standard InChI is InChI=1S/C28H35N3O12/c1-6-7-11-37-27(36)20-9-8-10-22(12-20)31-13-21(29-30-31)14-39-28-26(42-19(5)35)25(41-18(4)34)24(40-17(3)33)23(43-28)15-38-16(2)32/h8-10,12-13,23-26,28H,6-7,11,14-15H2,1-5H3/t23-,24-,25+,26+,28+/m1/s1. The molecule has 3 rings (SSSR count). The third-order valence-electron chi connectivity index (χ3n) is 5.96. The van der Waals surface area contributed by atoms with E-state index in [-0.39, 0.29) is 13.2 Å². The summed E-state index contributed by atoms with van der Waals surface area (Å²) in [5.41, 5.74) is 1.21. The minimum Gasteiger partial charge on any atom is -0.463 e. The lowest BCUT2D eigenvalue weighted by Crippen LogP contribution is -2.62. The minimum atomic E-state index is -1.37. The monoisotopic (exact) mass is 605 g/mol. The van der Waals surface area contributed by atoms with Crippen LogP contribution in [-0.4, -0.2) is 88.8 Å². The largest absolute Gasteiger partial charge is 0.463 e. The predicted molar refractivity (Wildman–Crippen MR) is 143 cm³/mol. The van der Waals surface area contributed by atoms with Crippen molar-refractivity contribution in [2.75, 3.05) is 13.2 Å². The number of nitrogens with zero attached hydrogens (tertiary/aromatic N) is 3. The molecule has 234 valence electrons. The van der Waals surface area contributed by atoms with E-state index in [1.54, 1.807) is 30.5 Å². The Hall–Kier alpha value is -4.37. The number of hydrogen-bond donors (Lipinski definition) is 0. The van der Waals surface area contributed by atoms with Crippen molar-refractivity contribution in [3.63, 3.8) is 0 Å². The third-order valence-corrected chi connectivity index (χ3v) is 5.96. The van der Waals surface area contributed by atoms with E-state index in [4.69, 9.17) is 33.2 Å². The highest BCUT2D eigenvalue weighted by molar-refractivity contribution is 5.90. The Morgan fingerprint density at radius 1 is 0.884 bits per heavy atom. The fourth-order valence-electron chi connectivity index (χ4n) is 4.15. The maximum atomic E-state index is 12.4. The molecule has 0 N–H and O–H groups in total. The Morgan fingerprint density at radius 3 is 2.21 bits per heavy atom. The third kappa shape index (κ3) is 9.85. The van der Waals surface area contributed by atoms with Gasteiger partial charge in [-0.3, -0.25) is 19.2 Å². The van der Waals surface area contributed by atoms with Crippen LogP contribution in [-0.2, 0) is 58.9 Å². The SMILES string of the molecule is CCCCOC(=O)c1cccc(-n2cc(CO[C@H]3O[C@H](COC(C)=O)[C@@H](OC(C)=O)[C@H](OC(C)=O)[C@@H]3OC(C)=O)nn2)c1. The maximum Gasteiger partial charge on any atom is 0.338 e. The molecule has 1 aromatic carbocycles. The van der Waals surface area contributed by atoms with Crippen molar-refractivity contribution >= 4 is 29.8 Å². The summed E-state index contributed by atoms with van der Waals surface area (Å²) in [7, 11) is 0. The van der Waals surface area contributed by atoms with E-state index < -0.39 is 60.6 Å². The lowest BCUT2D eigenvalue weighted by Gasteiger charge is -2.43. The number of carbonyl (C=O) groups is 5. The highest BCUT2D eigenvalue weighted by Gasteiger charge is 2.52. The second-order valence-corrected chi connectivity index (χ2v) is 9.57. The summed E-state index contributed by atoms with van der Waals surface area (Å²) < 4.78 is 39.7. The molecule has 1 aliphatic rings. The van der Waals surface area contributed by atoms with Crippen LogP contribution in [0.1, 0.15) is 63.5 Å². The Labute approximate surface area is 247 Å². The van der Waals surface area contributed by atoms with Crippen molar-refractivity contribution in [3.8, 4) is 5.69 Å². The average molecular weight is 606 g/mol. The van der Waals surface area contributed by atoms with Gasteiger partial charge >= 0.3 is 29.8 Å². The molecule has 43 heavy (non-hydrogen) atoms. The fraction of sp³-hybridized carbons (Fsp3) is 0.536. The zero-order chi connectivity index (χ0) is 31.5. The molecule has 15 nitrogen and oxygen atoms in total. The van der Waals surface area contributed by atoms with Crippen LogP contribution in [0.25, 0.3) is 5.69 Å². The molecule has 0 unspecified atom stereocenters. The lowest BCUT2D eigenvalue weighted by molar-refractivity contribution is -0.310. The van der Waals surface area contributed by atoms with E-state index >= 15 is 0 Å². The van der Waals surface area contributed by atoms with Gasteiger partial charge in [-0.05, 0) is 24.6 Å². The highest BCUT2D eigenvalue weighted by atomic mass is 16.7. The van der Waals surface area contributed by atoms with Gasteiger partial charge in [0, 0.05) is 27.7 Å². The second-order valence-electron chi connectivity index (χ2n) is 9.57. The number of aromatic nitrogens is 3. The molecule has 1 fully saturated rings. The topological polar surface area (TPSA) is 181 Å². The molecule has 1 saturated heterocycles. The summed E-state index contributed by atoms with van der Waals surface area (Å²) >= 11 is 0. The highest BCUT2D eigenvalue weighted by Crippen LogP contribution is 2.30. The van der Waals surface area contributed by atoms with Crippen molar-refractivity contribution in [2.45, 2.75) is 84.8 Å². The first-order valence-corrected chi connectivity index (χ1v) is 13.6. The van der Waals surface area contributed by atoms with Gasteiger partial charge in [0.25, 0.3) is 0 Å². The van der Waals surface area contributed by atoms with E-state index in [1.165, 1.54) is 11.6 Å². The Bertz CT molecular complexity index is 1300. The molecule has 0 bridgehead atoms. The van der Waals surface area contributed by atoms with Gasteiger partial charge in [-0.2, -0.15) is 0 Å². The molecule has 0 aliphatic carbocycles. The number of esters is 5. The van der Waals surface area contributed by atoms with Gasteiger partial charge in [0.15, 0.2) is 24.6 Å². The van der Waals surface area contributed by atoms with E-state index in [0.717, 1.165) is 33.6 Å². The fourth-order valence-corrected chi connectivity index (χ4v) is 4.15. The summed E-state index contributed by atoms with van der Waals surface area (Å²) in [6.45, 7) is 6.29. The summed E-state index contributed by atoms with van der Waals surface area (Å²) in [5.74, 6) is -3.34. The number of rotatable bonds is 13. The van der Waals surface area contributed by atoms with Crippen LogP contribution in [0.5, 0.6) is 0 Å². The van der Waals surface area contributed by atoms with Gasteiger partial charge in [0.05, 0.1) is 30.7 Å². The molecule has 1 aliphatic heterocycles. The molecular weight excluding hydrogens is 570 g/mol. The Kier molecular flexibility index (Phi) is 12.1. The van der Waals surface area contributed by atoms with E-state index in [9.17, 15) is 24.0 Å². The van der Waals surface area contributed by atoms with Gasteiger partial charge in [0.1, 0.15) is 18.4 Å². The van der Waals surface area contributed by atoms with Gasteiger partial charge in [-0.1, -0.05) is 24.6 Å². The van der Waals surface area contributed by atoms with Gasteiger partial charge in [-0.15, -0.1) is 5.10 Å². The number of carbonyl (C=O) groups excluding carboxylic acids is 5. The van der Waals surface area contributed by atoms with Crippen LogP contribution in [0.4, 0.5) is 0 Å².